The predicted octanol–water partition coefficient (Wildman–Crippen LogP) is 9.24. The van der Waals surface area contributed by atoms with E-state index in [0.29, 0.717) is 0 Å². The van der Waals surface area contributed by atoms with Crippen LogP contribution >= 0.6 is 0 Å². The van der Waals surface area contributed by atoms with Crippen LogP contribution in [0.2, 0.25) is 0 Å². The molecule has 0 aromatic rings. The van der Waals surface area contributed by atoms with Gasteiger partial charge in [-0.3, -0.25) is 0 Å². The van der Waals surface area contributed by atoms with E-state index in [1.807, 2.05) is 13.8 Å². The molecule has 0 N–H and O–H groups in total. The maximum Gasteiger partial charge on any atom is -0.0388 e. The van der Waals surface area contributed by atoms with Gasteiger partial charge in [0.25, 0.3) is 0 Å². The summed E-state index contributed by atoms with van der Waals surface area (Å²) >= 11 is 0. The first-order chi connectivity index (χ1) is 12.3. The van der Waals surface area contributed by atoms with Crippen LogP contribution < -0.4 is 0 Å². The molecule has 26 heavy (non-hydrogen) atoms. The Morgan fingerprint density at radius 2 is 1.15 bits per heavy atom. The van der Waals surface area contributed by atoms with Gasteiger partial charge in [-0.05, 0) is 73.0 Å². The lowest BCUT2D eigenvalue weighted by Crippen LogP contribution is -2.20. The molecule has 0 nitrogen and oxygen atoms in total. The van der Waals surface area contributed by atoms with E-state index in [-0.39, 0.29) is 0 Å². The van der Waals surface area contributed by atoms with Gasteiger partial charge in [-0.2, -0.15) is 0 Å². The molecule has 0 bridgehead atoms. The Morgan fingerprint density at radius 3 is 1.58 bits per heavy atom. The zero-order valence-electron chi connectivity index (χ0n) is 20.3. The monoisotopic (exact) mass is 366 g/mol. The van der Waals surface area contributed by atoms with E-state index in [9.17, 15) is 0 Å². The maximum absolute atomic E-state index is 2.56. The molecule has 0 spiro atoms. The van der Waals surface area contributed by atoms with Crippen LogP contribution in [-0.2, 0) is 0 Å². The van der Waals surface area contributed by atoms with E-state index in [1.54, 1.807) is 0 Å². The summed E-state index contributed by atoms with van der Waals surface area (Å²) in [6.45, 7) is 23.5. The summed E-state index contributed by atoms with van der Waals surface area (Å²) in [7, 11) is 0. The molecule has 1 aliphatic carbocycles. The van der Waals surface area contributed by atoms with E-state index in [0.717, 1.165) is 47.3 Å². The lowest BCUT2D eigenvalue weighted by molar-refractivity contribution is 0.209. The molecule has 0 aromatic carbocycles. The predicted molar refractivity (Wildman–Crippen MR) is 122 cm³/mol. The molecule has 1 aliphatic rings. The molecule has 158 valence electrons. The molecule has 0 heterocycles. The van der Waals surface area contributed by atoms with Crippen molar-refractivity contribution in [3.63, 3.8) is 0 Å². The minimum atomic E-state index is 0.856. The summed E-state index contributed by atoms with van der Waals surface area (Å²) in [6, 6.07) is 0. The Kier molecular flexibility index (Phi) is 14.1. The van der Waals surface area contributed by atoms with Crippen LogP contribution in [-0.4, -0.2) is 0 Å². The fourth-order valence-corrected chi connectivity index (χ4v) is 5.04. The highest BCUT2D eigenvalue weighted by molar-refractivity contribution is 4.81. The van der Waals surface area contributed by atoms with Crippen molar-refractivity contribution >= 4 is 0 Å². The zero-order chi connectivity index (χ0) is 20.3. The highest BCUT2D eigenvalue weighted by Crippen LogP contribution is 2.41. The summed E-state index contributed by atoms with van der Waals surface area (Å²) in [4.78, 5) is 0. The van der Waals surface area contributed by atoms with Gasteiger partial charge in [-0.15, -0.1) is 0 Å². The van der Waals surface area contributed by atoms with E-state index in [1.165, 1.54) is 51.4 Å². The second-order valence-corrected chi connectivity index (χ2v) is 9.98. The van der Waals surface area contributed by atoms with Crippen LogP contribution in [0, 0.1) is 47.3 Å². The van der Waals surface area contributed by atoms with Crippen LogP contribution in [0.1, 0.15) is 121 Å². The van der Waals surface area contributed by atoms with Crippen molar-refractivity contribution in [1.82, 2.24) is 0 Å². The van der Waals surface area contributed by atoms with Crippen molar-refractivity contribution in [2.75, 3.05) is 0 Å². The Labute approximate surface area is 168 Å². The van der Waals surface area contributed by atoms with Crippen molar-refractivity contribution < 1.29 is 0 Å². The second-order valence-electron chi connectivity index (χ2n) is 9.98. The standard InChI is InChI=1S/C24H48.C2H6/c1-9-18(5)20(7)15-24(10-2)21(8)14-23-12-11-22(16-23)13-19(6)17(3)4;1-2/h17-24H,9-16H2,1-8H3;1-2H3. The number of hydrogen-bond donors (Lipinski definition) is 0. The summed E-state index contributed by atoms with van der Waals surface area (Å²) in [5.74, 6) is 7.47. The van der Waals surface area contributed by atoms with Crippen LogP contribution in [0.3, 0.4) is 0 Å². The lowest BCUT2D eigenvalue weighted by atomic mass is 9.76. The first-order valence-corrected chi connectivity index (χ1v) is 12.3. The molecule has 0 heteroatoms. The SMILES string of the molecule is CC.CCC(C)C(C)CC(CC)C(C)CC1CCC(CC(C)C(C)C)C1. The molecule has 0 saturated heterocycles. The largest absolute Gasteiger partial charge is 0.0683 e. The minimum Gasteiger partial charge on any atom is -0.0683 e. The molecule has 7 unspecified atom stereocenters. The first kappa shape index (κ1) is 26.0. The van der Waals surface area contributed by atoms with Gasteiger partial charge in [0.2, 0.25) is 0 Å². The van der Waals surface area contributed by atoms with Crippen LogP contribution in [0.15, 0.2) is 0 Å². The molecule has 7 atom stereocenters. The molecule has 0 aromatic heterocycles. The van der Waals surface area contributed by atoms with E-state index < -0.39 is 0 Å². The van der Waals surface area contributed by atoms with Gasteiger partial charge in [-0.1, -0.05) is 94.9 Å². The highest BCUT2D eigenvalue weighted by Gasteiger charge is 2.29. The third-order valence-corrected chi connectivity index (χ3v) is 7.82. The molecule has 1 fully saturated rings. The Bertz CT molecular complexity index is 318. The molecular weight excluding hydrogens is 312 g/mol. The van der Waals surface area contributed by atoms with Crippen LogP contribution in [0.5, 0.6) is 0 Å². The topological polar surface area (TPSA) is 0 Å². The molecule has 1 rings (SSSR count). The smallest absolute Gasteiger partial charge is 0.0388 e. The Balaban J connectivity index is 0.00000301. The Hall–Kier alpha value is 0. The summed E-state index contributed by atoms with van der Waals surface area (Å²) in [5, 5.41) is 0. The average Bonchev–Trinajstić information content (AvgIpc) is 3.06. The molecule has 0 radical (unpaired) electrons. The lowest BCUT2D eigenvalue weighted by Gasteiger charge is -2.30. The second kappa shape index (κ2) is 14.1. The minimum absolute atomic E-state index is 0.856. The van der Waals surface area contributed by atoms with E-state index >= 15 is 0 Å². The average molecular weight is 367 g/mol. The van der Waals surface area contributed by atoms with E-state index in [2.05, 4.69) is 55.4 Å². The van der Waals surface area contributed by atoms with Crippen molar-refractivity contribution in [2.45, 2.75) is 121 Å². The third kappa shape index (κ3) is 9.27. The van der Waals surface area contributed by atoms with Crippen molar-refractivity contribution in [2.24, 2.45) is 47.3 Å². The normalized spacial score (nSPS) is 26.0. The molecule has 0 aliphatic heterocycles. The fourth-order valence-electron chi connectivity index (χ4n) is 5.04. The van der Waals surface area contributed by atoms with E-state index in [4.69, 9.17) is 0 Å². The van der Waals surface area contributed by atoms with Crippen molar-refractivity contribution in [3.8, 4) is 0 Å². The number of rotatable bonds is 11. The maximum atomic E-state index is 2.56. The molecular formula is C26H54. The molecule has 0 amide bonds. The van der Waals surface area contributed by atoms with Crippen LogP contribution in [0.25, 0.3) is 0 Å². The van der Waals surface area contributed by atoms with Gasteiger partial charge in [0.1, 0.15) is 0 Å². The summed E-state index contributed by atoms with van der Waals surface area (Å²) in [5.41, 5.74) is 0. The summed E-state index contributed by atoms with van der Waals surface area (Å²) in [6.07, 6.45) is 11.7. The van der Waals surface area contributed by atoms with Gasteiger partial charge < -0.3 is 0 Å². The Morgan fingerprint density at radius 1 is 0.654 bits per heavy atom. The zero-order valence-corrected chi connectivity index (χ0v) is 20.3. The van der Waals surface area contributed by atoms with Gasteiger partial charge in [0, 0.05) is 0 Å². The van der Waals surface area contributed by atoms with Crippen LogP contribution in [0.4, 0.5) is 0 Å². The summed E-state index contributed by atoms with van der Waals surface area (Å²) < 4.78 is 0. The highest BCUT2D eigenvalue weighted by atomic mass is 14.4. The van der Waals surface area contributed by atoms with Gasteiger partial charge >= 0.3 is 0 Å². The molecule has 1 saturated carbocycles. The fraction of sp³-hybridized carbons (Fsp3) is 1.00. The van der Waals surface area contributed by atoms with Crippen molar-refractivity contribution in [1.29, 1.82) is 0 Å². The van der Waals surface area contributed by atoms with Gasteiger partial charge in [0.05, 0.1) is 0 Å². The van der Waals surface area contributed by atoms with Gasteiger partial charge in [0.15, 0.2) is 0 Å². The quantitative estimate of drug-likeness (QED) is 0.342. The third-order valence-electron chi connectivity index (χ3n) is 7.82. The van der Waals surface area contributed by atoms with Crippen molar-refractivity contribution in [3.05, 3.63) is 0 Å². The number of hydrogen-bond acceptors (Lipinski definition) is 0. The van der Waals surface area contributed by atoms with Gasteiger partial charge in [-0.25, -0.2) is 0 Å². The first-order valence-electron chi connectivity index (χ1n) is 12.3.